The van der Waals surface area contributed by atoms with Gasteiger partial charge in [0.05, 0.1) is 24.4 Å². The van der Waals surface area contributed by atoms with Crippen LogP contribution in [0.4, 0.5) is 5.82 Å². The van der Waals surface area contributed by atoms with Crippen molar-refractivity contribution in [3.8, 4) is 5.75 Å². The van der Waals surface area contributed by atoms with Gasteiger partial charge in [0, 0.05) is 12.1 Å². The Morgan fingerprint density at radius 3 is 2.81 bits per heavy atom. The molecule has 2 aromatic rings. The molecule has 0 saturated carbocycles. The van der Waals surface area contributed by atoms with E-state index in [1.807, 2.05) is 0 Å². The van der Waals surface area contributed by atoms with E-state index in [0.717, 1.165) is 0 Å². The highest BCUT2D eigenvalue weighted by atomic mass is 35.5. The number of amides is 1. The molecule has 2 rings (SSSR count). The Hall–Kier alpha value is -2.12. The Balaban J connectivity index is 2.37. The molecule has 0 bridgehead atoms. The molecule has 0 radical (unpaired) electrons. The third-order valence-corrected chi connectivity index (χ3v) is 3.30. The monoisotopic (exact) mass is 324 g/mol. The molecule has 1 aromatic carbocycles. The molecular formula is C13H13ClN4O2S. The minimum atomic E-state index is -0.393. The number of rotatable bonds is 4. The van der Waals surface area contributed by atoms with Crippen molar-refractivity contribution in [2.75, 3.05) is 12.4 Å². The molecule has 110 valence electrons. The van der Waals surface area contributed by atoms with E-state index in [2.05, 4.69) is 10.4 Å². The van der Waals surface area contributed by atoms with Gasteiger partial charge in [-0.25, -0.2) is 0 Å². The van der Waals surface area contributed by atoms with Crippen LogP contribution in [0.15, 0.2) is 24.4 Å². The second-order valence-electron chi connectivity index (χ2n) is 4.19. The Morgan fingerprint density at radius 1 is 1.48 bits per heavy atom. The molecule has 0 aliphatic rings. The molecule has 0 fully saturated rings. The first-order valence-electron chi connectivity index (χ1n) is 5.90. The van der Waals surface area contributed by atoms with Gasteiger partial charge >= 0.3 is 0 Å². The van der Waals surface area contributed by atoms with Crippen LogP contribution < -0.4 is 15.8 Å². The molecule has 0 saturated heterocycles. The van der Waals surface area contributed by atoms with E-state index in [9.17, 15) is 4.79 Å². The standard InChI is InChI=1S/C13H13ClN4O2S/c1-18-12(9(6-16-18)11(15)21)17-13(19)8-5-7(14)3-4-10(8)20-2/h3-6H,1-2H3,(H2,15,21)(H,17,19). The van der Waals surface area contributed by atoms with Crippen LogP contribution >= 0.6 is 23.8 Å². The van der Waals surface area contributed by atoms with Gasteiger partial charge in [-0.1, -0.05) is 23.8 Å². The number of nitrogens with zero attached hydrogens (tertiary/aromatic N) is 2. The summed E-state index contributed by atoms with van der Waals surface area (Å²) in [4.78, 5) is 12.5. The number of benzene rings is 1. The zero-order valence-electron chi connectivity index (χ0n) is 11.4. The lowest BCUT2D eigenvalue weighted by Crippen LogP contribution is -2.19. The lowest BCUT2D eigenvalue weighted by Gasteiger charge is -2.11. The van der Waals surface area contributed by atoms with E-state index in [-0.39, 0.29) is 4.99 Å². The van der Waals surface area contributed by atoms with Crippen LogP contribution in [0.25, 0.3) is 0 Å². The highest BCUT2D eigenvalue weighted by molar-refractivity contribution is 7.80. The molecule has 6 nitrogen and oxygen atoms in total. The molecule has 21 heavy (non-hydrogen) atoms. The van der Waals surface area contributed by atoms with Gasteiger partial charge in [0.2, 0.25) is 0 Å². The second-order valence-corrected chi connectivity index (χ2v) is 5.07. The minimum Gasteiger partial charge on any atom is -0.496 e. The molecule has 1 amide bonds. The molecule has 0 unspecified atom stereocenters. The zero-order valence-corrected chi connectivity index (χ0v) is 13.0. The van der Waals surface area contributed by atoms with Gasteiger partial charge in [0.15, 0.2) is 0 Å². The maximum atomic E-state index is 12.4. The smallest absolute Gasteiger partial charge is 0.260 e. The maximum Gasteiger partial charge on any atom is 0.260 e. The number of anilines is 1. The number of halogens is 1. The summed E-state index contributed by atoms with van der Waals surface area (Å²) in [7, 11) is 3.15. The van der Waals surface area contributed by atoms with Crippen molar-refractivity contribution in [1.82, 2.24) is 9.78 Å². The van der Waals surface area contributed by atoms with Crippen molar-refractivity contribution >= 4 is 40.5 Å². The average Bonchev–Trinajstić information content (AvgIpc) is 2.80. The van der Waals surface area contributed by atoms with Crippen molar-refractivity contribution in [2.24, 2.45) is 12.8 Å². The lowest BCUT2D eigenvalue weighted by atomic mass is 10.2. The number of carbonyl (C=O) groups is 1. The van der Waals surface area contributed by atoms with Crippen molar-refractivity contribution in [2.45, 2.75) is 0 Å². The number of thiocarbonyl (C=S) groups is 1. The largest absolute Gasteiger partial charge is 0.496 e. The first-order valence-corrected chi connectivity index (χ1v) is 6.69. The summed E-state index contributed by atoms with van der Waals surface area (Å²) in [5, 5.41) is 7.17. The molecule has 1 heterocycles. The van der Waals surface area contributed by atoms with Crippen LogP contribution in [0.3, 0.4) is 0 Å². The van der Waals surface area contributed by atoms with Crippen LogP contribution in [0.2, 0.25) is 5.02 Å². The molecular weight excluding hydrogens is 312 g/mol. The number of aromatic nitrogens is 2. The predicted molar refractivity (Wildman–Crippen MR) is 85.1 cm³/mol. The fourth-order valence-corrected chi connectivity index (χ4v) is 2.12. The Labute approximate surface area is 131 Å². The summed E-state index contributed by atoms with van der Waals surface area (Å²) < 4.78 is 6.63. The fraction of sp³-hybridized carbons (Fsp3) is 0.154. The van der Waals surface area contributed by atoms with Crippen LogP contribution in [-0.4, -0.2) is 27.8 Å². The minimum absolute atomic E-state index is 0.149. The van der Waals surface area contributed by atoms with Crippen LogP contribution in [0.1, 0.15) is 15.9 Å². The molecule has 0 aliphatic heterocycles. The zero-order chi connectivity index (χ0) is 15.6. The summed E-state index contributed by atoms with van der Waals surface area (Å²) in [6, 6.07) is 4.78. The Bertz CT molecular complexity index is 714. The topological polar surface area (TPSA) is 82.2 Å². The average molecular weight is 325 g/mol. The van der Waals surface area contributed by atoms with E-state index < -0.39 is 5.91 Å². The van der Waals surface area contributed by atoms with Crippen LogP contribution in [-0.2, 0) is 7.05 Å². The third kappa shape index (κ3) is 3.14. The predicted octanol–water partition coefficient (Wildman–Crippen LogP) is 1.97. The highest BCUT2D eigenvalue weighted by Crippen LogP contribution is 2.24. The molecule has 8 heteroatoms. The Morgan fingerprint density at radius 2 is 2.19 bits per heavy atom. The number of hydrogen-bond donors (Lipinski definition) is 2. The van der Waals surface area contributed by atoms with Gasteiger partial charge in [0.25, 0.3) is 5.91 Å². The second kappa shape index (κ2) is 6.11. The van der Waals surface area contributed by atoms with Gasteiger partial charge in [0.1, 0.15) is 16.6 Å². The van der Waals surface area contributed by atoms with Gasteiger partial charge in [-0.3, -0.25) is 9.48 Å². The van der Waals surface area contributed by atoms with Crippen molar-refractivity contribution < 1.29 is 9.53 Å². The lowest BCUT2D eigenvalue weighted by molar-refractivity contribution is 0.102. The third-order valence-electron chi connectivity index (χ3n) is 2.84. The molecule has 0 aliphatic carbocycles. The molecule has 3 N–H and O–H groups in total. The first kappa shape index (κ1) is 15.3. The molecule has 0 atom stereocenters. The van der Waals surface area contributed by atoms with E-state index in [0.29, 0.717) is 27.7 Å². The quantitative estimate of drug-likeness (QED) is 0.840. The summed E-state index contributed by atoms with van der Waals surface area (Å²) in [6.07, 6.45) is 1.49. The van der Waals surface area contributed by atoms with Gasteiger partial charge < -0.3 is 15.8 Å². The summed E-state index contributed by atoms with van der Waals surface area (Å²) in [6.45, 7) is 0. The van der Waals surface area contributed by atoms with E-state index in [4.69, 9.17) is 34.3 Å². The normalized spacial score (nSPS) is 10.2. The van der Waals surface area contributed by atoms with E-state index in [1.54, 1.807) is 19.2 Å². The number of ether oxygens (including phenoxy) is 1. The summed E-state index contributed by atoms with van der Waals surface area (Å²) >= 11 is 10.8. The maximum absolute atomic E-state index is 12.4. The van der Waals surface area contributed by atoms with E-state index >= 15 is 0 Å². The van der Waals surface area contributed by atoms with Gasteiger partial charge in [-0.05, 0) is 18.2 Å². The fourth-order valence-electron chi connectivity index (χ4n) is 1.80. The van der Waals surface area contributed by atoms with E-state index in [1.165, 1.54) is 24.1 Å². The number of nitrogens with two attached hydrogens (primary N) is 1. The number of methoxy groups -OCH3 is 1. The SMILES string of the molecule is COc1ccc(Cl)cc1C(=O)Nc1c(C(N)=S)cnn1C. The van der Waals surface area contributed by atoms with Crippen LogP contribution in [0, 0.1) is 0 Å². The Kier molecular flexibility index (Phi) is 4.44. The van der Waals surface area contributed by atoms with Gasteiger partial charge in [-0.15, -0.1) is 0 Å². The molecule has 0 spiro atoms. The number of carbonyl (C=O) groups excluding carboxylic acids is 1. The van der Waals surface area contributed by atoms with Gasteiger partial charge in [-0.2, -0.15) is 5.10 Å². The molecule has 1 aromatic heterocycles. The summed E-state index contributed by atoms with van der Waals surface area (Å²) in [5.74, 6) is 0.431. The number of hydrogen-bond acceptors (Lipinski definition) is 4. The van der Waals surface area contributed by atoms with Crippen molar-refractivity contribution in [1.29, 1.82) is 0 Å². The van der Waals surface area contributed by atoms with Crippen molar-refractivity contribution in [3.63, 3.8) is 0 Å². The van der Waals surface area contributed by atoms with Crippen molar-refractivity contribution in [3.05, 3.63) is 40.5 Å². The highest BCUT2D eigenvalue weighted by Gasteiger charge is 2.18. The number of nitrogens with one attached hydrogen (secondary N) is 1. The number of aryl methyl sites for hydroxylation is 1. The van der Waals surface area contributed by atoms with Crippen LogP contribution in [0.5, 0.6) is 5.75 Å². The first-order chi connectivity index (χ1) is 9.93. The summed E-state index contributed by atoms with van der Waals surface area (Å²) in [5.41, 5.74) is 6.40.